The quantitative estimate of drug-likeness (QED) is 0.729. The van der Waals surface area contributed by atoms with Gasteiger partial charge in [0.25, 0.3) is 0 Å². The van der Waals surface area contributed by atoms with Crippen molar-refractivity contribution in [3.8, 4) is 0 Å². The van der Waals surface area contributed by atoms with Gasteiger partial charge in [-0.3, -0.25) is 0 Å². The average Bonchev–Trinajstić information content (AvgIpc) is 2.87. The largest absolute Gasteiger partial charge is 0.322 e. The number of halogens is 3. The van der Waals surface area contributed by atoms with Gasteiger partial charge in [-0.15, -0.1) is 0 Å². The Morgan fingerprint density at radius 3 is 2.92 bits per heavy atom. The summed E-state index contributed by atoms with van der Waals surface area (Å²) in [6.07, 6.45) is 3.56. The minimum Gasteiger partial charge on any atom is -0.314 e. The van der Waals surface area contributed by atoms with Crippen molar-refractivity contribution >= 4 is 27.6 Å². The lowest BCUT2D eigenvalue weighted by atomic mass is 9.95. The lowest BCUT2D eigenvalue weighted by molar-refractivity contribution is 0.178. The van der Waals surface area contributed by atoms with E-state index < -0.39 is 5.95 Å². The Balaban J connectivity index is 1.61. The second kappa shape index (κ2) is 5.81. The Morgan fingerprint density at radius 1 is 1.29 bits per heavy atom. The molecule has 3 heterocycles. The summed E-state index contributed by atoms with van der Waals surface area (Å²) in [5.41, 5.74) is 1.98. The minimum absolute atomic E-state index is 0.0370. The van der Waals surface area contributed by atoms with E-state index in [2.05, 4.69) is 26.2 Å². The average molecular weight is 394 g/mol. The van der Waals surface area contributed by atoms with Crippen LogP contribution in [0, 0.1) is 11.8 Å². The van der Waals surface area contributed by atoms with Gasteiger partial charge in [-0.05, 0) is 65.0 Å². The van der Waals surface area contributed by atoms with Crippen LogP contribution in [0.4, 0.5) is 19.3 Å². The van der Waals surface area contributed by atoms with E-state index in [0.29, 0.717) is 22.1 Å². The molecule has 1 aromatic heterocycles. The Morgan fingerprint density at radius 2 is 2.12 bits per heavy atom. The summed E-state index contributed by atoms with van der Waals surface area (Å²) < 4.78 is 27.5. The number of urea groups is 1. The Hall–Kier alpha value is -2.02. The lowest BCUT2D eigenvalue weighted by Crippen LogP contribution is -2.44. The molecule has 2 bridgehead atoms. The molecule has 1 N–H and O–H groups in total. The highest BCUT2D eigenvalue weighted by molar-refractivity contribution is 9.10. The van der Waals surface area contributed by atoms with Gasteiger partial charge >= 0.3 is 6.03 Å². The van der Waals surface area contributed by atoms with E-state index in [-0.39, 0.29) is 23.9 Å². The first-order chi connectivity index (χ1) is 11.5. The predicted molar refractivity (Wildman–Crippen MR) is 88.6 cm³/mol. The van der Waals surface area contributed by atoms with E-state index in [9.17, 15) is 13.6 Å². The number of rotatable bonds is 1. The molecule has 1 saturated heterocycles. The molecule has 1 aromatic carbocycles. The van der Waals surface area contributed by atoms with E-state index in [4.69, 9.17) is 0 Å². The summed E-state index contributed by atoms with van der Waals surface area (Å²) in [5.74, 6) is -0.824. The molecular formula is C17H14BrF2N3O. The predicted octanol–water partition coefficient (Wildman–Crippen LogP) is 4.42. The van der Waals surface area contributed by atoms with Gasteiger partial charge in [0.1, 0.15) is 5.82 Å². The van der Waals surface area contributed by atoms with Gasteiger partial charge < -0.3 is 10.2 Å². The third-order valence-electron chi connectivity index (χ3n) is 4.75. The zero-order valence-corrected chi connectivity index (χ0v) is 14.2. The number of carbonyl (C=O) groups excluding carboxylic acids is 1. The molecule has 2 aromatic rings. The molecule has 0 radical (unpaired) electrons. The van der Waals surface area contributed by atoms with Crippen LogP contribution in [0.25, 0.3) is 0 Å². The summed E-state index contributed by atoms with van der Waals surface area (Å²) in [6, 6.07) is 5.70. The Labute approximate surface area is 146 Å². The highest BCUT2D eigenvalue weighted by Gasteiger charge is 2.43. The molecule has 2 aliphatic heterocycles. The fraction of sp³-hybridized carbons (Fsp3) is 0.294. The number of pyridine rings is 1. The van der Waals surface area contributed by atoms with E-state index in [0.717, 1.165) is 18.4 Å². The van der Waals surface area contributed by atoms with E-state index in [1.54, 1.807) is 11.0 Å². The van der Waals surface area contributed by atoms with Crippen molar-refractivity contribution in [2.75, 3.05) is 5.32 Å². The summed E-state index contributed by atoms with van der Waals surface area (Å²) in [7, 11) is 0. The van der Waals surface area contributed by atoms with Gasteiger partial charge in [0.05, 0.1) is 10.5 Å². The smallest absolute Gasteiger partial charge is 0.314 e. The first-order valence-electron chi connectivity index (χ1n) is 7.72. The van der Waals surface area contributed by atoms with Gasteiger partial charge in [-0.25, -0.2) is 14.2 Å². The molecule has 2 unspecified atom stereocenters. The normalized spacial score (nSPS) is 21.5. The number of aromatic nitrogens is 1. The third kappa shape index (κ3) is 2.47. The standard InChI is InChI=1S/C17H14BrF2N3O/c18-13-7-9(1-3-14(13)19)22-17(24)23-10-2-4-15(23)11-5-6-21-16(20)12(11)8-10/h1,3,5-7,10,15H,2,4,8H2,(H,22,24). The fourth-order valence-corrected chi connectivity index (χ4v) is 4.07. The van der Waals surface area contributed by atoms with Gasteiger partial charge in [-0.1, -0.05) is 0 Å². The molecule has 4 nitrogen and oxygen atoms in total. The molecule has 0 saturated carbocycles. The monoisotopic (exact) mass is 393 g/mol. The molecule has 0 aliphatic carbocycles. The first-order valence-corrected chi connectivity index (χ1v) is 8.51. The SMILES string of the molecule is O=C(Nc1ccc(F)c(Br)c1)N1C2CCC1c1ccnc(F)c1C2. The van der Waals surface area contributed by atoms with Gasteiger partial charge in [0.15, 0.2) is 0 Å². The maximum absolute atomic E-state index is 13.9. The molecule has 2 aliphatic rings. The molecule has 2 amide bonds. The Bertz CT molecular complexity index is 829. The number of benzene rings is 1. The summed E-state index contributed by atoms with van der Waals surface area (Å²) in [6.45, 7) is 0. The second-order valence-electron chi connectivity index (χ2n) is 6.09. The van der Waals surface area contributed by atoms with E-state index in [1.807, 2.05) is 0 Å². The highest BCUT2D eigenvalue weighted by atomic mass is 79.9. The number of amides is 2. The fourth-order valence-electron chi connectivity index (χ4n) is 3.69. The van der Waals surface area contributed by atoms with Crippen molar-refractivity contribution in [1.82, 2.24) is 9.88 Å². The topological polar surface area (TPSA) is 45.2 Å². The molecule has 24 heavy (non-hydrogen) atoms. The summed E-state index contributed by atoms with van der Waals surface area (Å²) in [5, 5.41) is 2.81. The second-order valence-corrected chi connectivity index (χ2v) is 6.94. The number of fused-ring (bicyclic) bond motifs is 4. The minimum atomic E-state index is -0.438. The highest BCUT2D eigenvalue weighted by Crippen LogP contribution is 2.44. The first kappa shape index (κ1) is 15.5. The summed E-state index contributed by atoms with van der Waals surface area (Å²) in [4.78, 5) is 18.2. The van der Waals surface area contributed by atoms with Crippen LogP contribution < -0.4 is 5.32 Å². The van der Waals surface area contributed by atoms with Gasteiger partial charge in [-0.2, -0.15) is 4.39 Å². The number of carbonyl (C=O) groups is 1. The molecule has 1 fully saturated rings. The number of hydrogen-bond acceptors (Lipinski definition) is 2. The molecular weight excluding hydrogens is 380 g/mol. The third-order valence-corrected chi connectivity index (χ3v) is 5.35. The molecule has 4 rings (SSSR count). The van der Waals surface area contributed by atoms with Gasteiger partial charge in [0.2, 0.25) is 5.95 Å². The zero-order chi connectivity index (χ0) is 16.8. The maximum atomic E-state index is 13.9. The molecule has 0 spiro atoms. The van der Waals surface area contributed by atoms with Crippen molar-refractivity contribution < 1.29 is 13.6 Å². The molecule has 7 heteroatoms. The van der Waals surface area contributed by atoms with Gasteiger partial charge in [0, 0.05) is 23.5 Å². The van der Waals surface area contributed by atoms with Crippen LogP contribution in [0.1, 0.15) is 30.0 Å². The van der Waals surface area contributed by atoms with E-state index in [1.165, 1.54) is 24.4 Å². The van der Waals surface area contributed by atoms with Crippen molar-refractivity contribution in [2.24, 2.45) is 0 Å². The molecule has 2 atom stereocenters. The number of hydrogen-bond donors (Lipinski definition) is 1. The van der Waals surface area contributed by atoms with Crippen LogP contribution in [0.3, 0.4) is 0 Å². The van der Waals surface area contributed by atoms with Crippen LogP contribution >= 0.6 is 15.9 Å². The number of anilines is 1. The van der Waals surface area contributed by atoms with Crippen molar-refractivity contribution in [1.29, 1.82) is 0 Å². The van der Waals surface area contributed by atoms with Crippen LogP contribution in [0.2, 0.25) is 0 Å². The number of nitrogens with one attached hydrogen (secondary N) is 1. The zero-order valence-electron chi connectivity index (χ0n) is 12.6. The maximum Gasteiger partial charge on any atom is 0.322 e. The van der Waals surface area contributed by atoms with Crippen molar-refractivity contribution in [2.45, 2.75) is 31.3 Å². The summed E-state index contributed by atoms with van der Waals surface area (Å²) >= 11 is 3.11. The number of nitrogens with zero attached hydrogens (tertiary/aromatic N) is 2. The van der Waals surface area contributed by atoms with Crippen LogP contribution in [-0.4, -0.2) is 22.0 Å². The molecule has 124 valence electrons. The van der Waals surface area contributed by atoms with Crippen LogP contribution in [0.15, 0.2) is 34.9 Å². The van der Waals surface area contributed by atoms with E-state index >= 15 is 0 Å². The van der Waals surface area contributed by atoms with Crippen LogP contribution in [0.5, 0.6) is 0 Å². The van der Waals surface area contributed by atoms with Crippen LogP contribution in [-0.2, 0) is 6.42 Å². The lowest BCUT2D eigenvalue weighted by Gasteiger charge is -2.36. The van der Waals surface area contributed by atoms with Crippen molar-refractivity contribution in [3.63, 3.8) is 0 Å². The Kier molecular flexibility index (Phi) is 3.75. The van der Waals surface area contributed by atoms with Crippen molar-refractivity contribution in [3.05, 3.63) is 57.8 Å².